The maximum Gasteiger partial charge on any atom is 0.417 e. The number of halogens is 1. The van der Waals surface area contributed by atoms with Gasteiger partial charge in [-0.2, -0.15) is 0 Å². The summed E-state index contributed by atoms with van der Waals surface area (Å²) in [5, 5.41) is 0. The van der Waals surface area contributed by atoms with Crippen LogP contribution in [0.5, 0.6) is 5.75 Å². The highest BCUT2D eigenvalue weighted by atomic mass is 79.9. The van der Waals surface area contributed by atoms with Crippen LogP contribution in [-0.2, 0) is 16.0 Å². The molecule has 0 radical (unpaired) electrons. The molecule has 6 heteroatoms. The van der Waals surface area contributed by atoms with Crippen LogP contribution in [0.1, 0.15) is 24.0 Å². The lowest BCUT2D eigenvalue weighted by atomic mass is 9.96. The van der Waals surface area contributed by atoms with E-state index in [0.29, 0.717) is 6.42 Å². The quantitative estimate of drug-likeness (QED) is 0.644. The first-order valence-electron chi connectivity index (χ1n) is 8.83. The topological polar surface area (TPSA) is 55.8 Å². The van der Waals surface area contributed by atoms with E-state index in [1.807, 2.05) is 61.5 Å². The second-order valence-electron chi connectivity index (χ2n) is 6.59. The standard InChI is InChI=1S/C21H22BrNO4/c1-14(16-8-10-18(26-2)11-9-16)19(22)20(24)23-17(13-27-21(23)25)12-15-6-4-3-5-7-15/h3-11,14,17,19H,12-13H2,1-2H3/t14-,17-,19+/m0/s1. The minimum absolute atomic E-state index is 0.116. The van der Waals surface area contributed by atoms with Gasteiger partial charge >= 0.3 is 6.09 Å². The number of nitrogens with zero attached hydrogens (tertiary/aromatic N) is 1. The van der Waals surface area contributed by atoms with E-state index in [0.717, 1.165) is 16.9 Å². The molecule has 1 heterocycles. The van der Waals surface area contributed by atoms with Gasteiger partial charge in [-0.1, -0.05) is 65.3 Å². The number of hydrogen-bond donors (Lipinski definition) is 0. The van der Waals surface area contributed by atoms with Crippen molar-refractivity contribution < 1.29 is 19.1 Å². The number of alkyl halides is 1. The molecular weight excluding hydrogens is 410 g/mol. The summed E-state index contributed by atoms with van der Waals surface area (Å²) in [6, 6.07) is 17.1. The number of rotatable bonds is 6. The average molecular weight is 432 g/mol. The number of hydrogen-bond acceptors (Lipinski definition) is 4. The SMILES string of the molecule is COc1ccc([C@H](C)[C@@H](Br)C(=O)N2C(=O)OC[C@@H]2Cc2ccccc2)cc1. The maximum atomic E-state index is 13.0. The molecule has 2 aromatic rings. The summed E-state index contributed by atoms with van der Waals surface area (Å²) in [6.07, 6.45) is 0.00177. The van der Waals surface area contributed by atoms with Gasteiger partial charge in [0.05, 0.1) is 13.2 Å². The number of methoxy groups -OCH3 is 1. The van der Waals surface area contributed by atoms with Crippen molar-refractivity contribution in [3.63, 3.8) is 0 Å². The molecule has 2 amide bonds. The van der Waals surface area contributed by atoms with E-state index in [1.54, 1.807) is 7.11 Å². The Bertz CT molecular complexity index is 794. The molecule has 0 aromatic heterocycles. The van der Waals surface area contributed by atoms with Crippen LogP contribution in [0.2, 0.25) is 0 Å². The fraction of sp³-hybridized carbons (Fsp3) is 0.333. The lowest BCUT2D eigenvalue weighted by molar-refractivity contribution is -0.128. The van der Waals surface area contributed by atoms with Crippen LogP contribution >= 0.6 is 15.9 Å². The number of carbonyl (C=O) groups is 2. The van der Waals surface area contributed by atoms with Crippen LogP contribution < -0.4 is 4.74 Å². The number of benzene rings is 2. The monoisotopic (exact) mass is 431 g/mol. The van der Waals surface area contributed by atoms with Crippen LogP contribution in [0.3, 0.4) is 0 Å². The van der Waals surface area contributed by atoms with Crippen LogP contribution in [0, 0.1) is 0 Å². The Morgan fingerprint density at radius 1 is 1.22 bits per heavy atom. The van der Waals surface area contributed by atoms with Gasteiger partial charge in [-0.25, -0.2) is 9.69 Å². The molecule has 0 N–H and O–H groups in total. The van der Waals surface area contributed by atoms with Gasteiger partial charge in [0.1, 0.15) is 17.2 Å². The Kier molecular flexibility index (Phi) is 6.16. The molecule has 3 rings (SSSR count). The molecule has 3 atom stereocenters. The highest BCUT2D eigenvalue weighted by molar-refractivity contribution is 9.10. The molecule has 0 unspecified atom stereocenters. The highest BCUT2D eigenvalue weighted by Gasteiger charge is 2.41. The average Bonchev–Trinajstić information content (AvgIpc) is 3.07. The minimum atomic E-state index is -0.577. The van der Waals surface area contributed by atoms with Gasteiger partial charge in [0.15, 0.2) is 0 Å². The molecule has 1 saturated heterocycles. The van der Waals surface area contributed by atoms with Crippen molar-refractivity contribution in [2.45, 2.75) is 30.1 Å². The molecular formula is C21H22BrNO4. The smallest absolute Gasteiger partial charge is 0.417 e. The van der Waals surface area contributed by atoms with Gasteiger partial charge < -0.3 is 9.47 Å². The fourth-order valence-corrected chi connectivity index (χ4v) is 3.72. The number of amides is 2. The summed E-state index contributed by atoms with van der Waals surface area (Å²) < 4.78 is 10.3. The molecule has 1 aliphatic rings. The first-order valence-corrected chi connectivity index (χ1v) is 9.74. The number of carbonyl (C=O) groups excluding carboxylic acids is 2. The van der Waals surface area contributed by atoms with Crippen LogP contribution in [-0.4, -0.2) is 41.5 Å². The van der Waals surface area contributed by atoms with Crippen LogP contribution in [0.15, 0.2) is 54.6 Å². The maximum absolute atomic E-state index is 13.0. The van der Waals surface area contributed by atoms with E-state index in [9.17, 15) is 9.59 Å². The number of imide groups is 1. The summed E-state index contributed by atoms with van der Waals surface area (Å²) in [5.74, 6) is 0.366. The van der Waals surface area contributed by atoms with Crippen molar-refractivity contribution in [3.8, 4) is 5.75 Å². The predicted octanol–water partition coefficient (Wildman–Crippen LogP) is 4.15. The summed E-state index contributed by atoms with van der Waals surface area (Å²) in [7, 11) is 1.61. The van der Waals surface area contributed by atoms with Crippen molar-refractivity contribution in [1.29, 1.82) is 0 Å². The summed E-state index contributed by atoms with van der Waals surface area (Å²) in [5.41, 5.74) is 2.05. The van der Waals surface area contributed by atoms with Crippen molar-refractivity contribution >= 4 is 27.9 Å². The van der Waals surface area contributed by atoms with E-state index in [2.05, 4.69) is 15.9 Å². The van der Waals surface area contributed by atoms with E-state index >= 15 is 0 Å². The third-order valence-electron chi connectivity index (χ3n) is 4.83. The summed E-state index contributed by atoms with van der Waals surface area (Å²) in [6.45, 7) is 2.17. The van der Waals surface area contributed by atoms with E-state index in [1.165, 1.54) is 4.90 Å². The molecule has 142 valence electrons. The van der Waals surface area contributed by atoms with Gasteiger partial charge in [-0.15, -0.1) is 0 Å². The van der Waals surface area contributed by atoms with Crippen molar-refractivity contribution in [2.24, 2.45) is 0 Å². The Labute approximate surface area is 167 Å². The Balaban J connectivity index is 1.73. The Morgan fingerprint density at radius 2 is 1.89 bits per heavy atom. The van der Waals surface area contributed by atoms with Gasteiger partial charge in [0, 0.05) is 5.92 Å². The first-order chi connectivity index (χ1) is 13.0. The van der Waals surface area contributed by atoms with E-state index in [-0.39, 0.29) is 24.5 Å². The molecule has 1 fully saturated rings. The zero-order valence-corrected chi connectivity index (χ0v) is 16.9. The molecule has 0 aliphatic carbocycles. The molecule has 1 aliphatic heterocycles. The van der Waals surface area contributed by atoms with Crippen molar-refractivity contribution in [1.82, 2.24) is 4.90 Å². The first kappa shape index (κ1) is 19.4. The second kappa shape index (κ2) is 8.57. The zero-order chi connectivity index (χ0) is 19.4. The van der Waals surface area contributed by atoms with Gasteiger partial charge in [0.25, 0.3) is 0 Å². The summed E-state index contributed by atoms with van der Waals surface area (Å²) >= 11 is 3.50. The van der Waals surface area contributed by atoms with Crippen LogP contribution in [0.4, 0.5) is 4.79 Å². The predicted molar refractivity (Wildman–Crippen MR) is 106 cm³/mol. The minimum Gasteiger partial charge on any atom is -0.497 e. The van der Waals surface area contributed by atoms with Gasteiger partial charge in [-0.05, 0) is 29.7 Å². The molecule has 5 nitrogen and oxygen atoms in total. The van der Waals surface area contributed by atoms with E-state index < -0.39 is 10.9 Å². The fourth-order valence-electron chi connectivity index (χ4n) is 3.19. The van der Waals surface area contributed by atoms with Gasteiger partial charge in [-0.3, -0.25) is 4.79 Å². The normalized spacial score (nSPS) is 18.7. The Hall–Kier alpha value is -2.34. The molecule has 2 aromatic carbocycles. The Morgan fingerprint density at radius 3 is 2.52 bits per heavy atom. The lowest BCUT2D eigenvalue weighted by Crippen LogP contribution is -2.45. The third kappa shape index (κ3) is 4.33. The number of cyclic esters (lactones) is 1. The summed E-state index contributed by atoms with van der Waals surface area (Å²) in [4.78, 5) is 26.0. The van der Waals surface area contributed by atoms with Crippen molar-refractivity contribution in [2.75, 3.05) is 13.7 Å². The van der Waals surface area contributed by atoms with Gasteiger partial charge in [0.2, 0.25) is 5.91 Å². The molecule has 0 bridgehead atoms. The van der Waals surface area contributed by atoms with E-state index in [4.69, 9.17) is 9.47 Å². The van der Waals surface area contributed by atoms with Crippen molar-refractivity contribution in [3.05, 3.63) is 65.7 Å². The molecule has 0 spiro atoms. The highest BCUT2D eigenvalue weighted by Crippen LogP contribution is 2.30. The second-order valence-corrected chi connectivity index (χ2v) is 7.58. The largest absolute Gasteiger partial charge is 0.497 e. The third-order valence-corrected chi connectivity index (χ3v) is 6.01. The molecule has 27 heavy (non-hydrogen) atoms. The zero-order valence-electron chi connectivity index (χ0n) is 15.3. The van der Waals surface area contributed by atoms with Crippen LogP contribution in [0.25, 0.3) is 0 Å². The lowest BCUT2D eigenvalue weighted by Gasteiger charge is -2.25. The number of ether oxygens (including phenoxy) is 2. The molecule has 0 saturated carbocycles.